The molecular formula is C17H28N2OS. The Kier molecular flexibility index (Phi) is 4.67. The first kappa shape index (κ1) is 15.4. The number of hydrogen-bond donors (Lipinski definition) is 1. The van der Waals surface area contributed by atoms with E-state index in [1.54, 1.807) is 7.11 Å². The van der Waals surface area contributed by atoms with Gasteiger partial charge < -0.3 is 10.1 Å². The first-order valence-electron chi connectivity index (χ1n) is 8.35. The monoisotopic (exact) mass is 308 g/mol. The smallest absolute Gasteiger partial charge is 0.113 e. The van der Waals surface area contributed by atoms with Crippen LogP contribution in [-0.4, -0.2) is 25.2 Å². The van der Waals surface area contributed by atoms with E-state index in [1.165, 1.54) is 56.4 Å². The van der Waals surface area contributed by atoms with Crippen molar-refractivity contribution in [2.45, 2.75) is 63.8 Å². The van der Waals surface area contributed by atoms with Crippen molar-refractivity contribution in [2.24, 2.45) is 5.41 Å². The fourth-order valence-corrected chi connectivity index (χ4v) is 5.30. The summed E-state index contributed by atoms with van der Waals surface area (Å²) >= 11 is 1.83. The van der Waals surface area contributed by atoms with E-state index in [0.717, 1.165) is 18.8 Å². The molecule has 0 saturated heterocycles. The summed E-state index contributed by atoms with van der Waals surface area (Å²) in [5.74, 6) is 0. The van der Waals surface area contributed by atoms with Gasteiger partial charge in [-0.1, -0.05) is 12.8 Å². The summed E-state index contributed by atoms with van der Waals surface area (Å²) in [5.41, 5.74) is 1.92. The molecule has 0 aromatic carbocycles. The summed E-state index contributed by atoms with van der Waals surface area (Å²) in [4.78, 5) is 4.82. The van der Waals surface area contributed by atoms with Crippen LogP contribution in [0.25, 0.3) is 0 Å². The first-order chi connectivity index (χ1) is 10.2. The van der Waals surface area contributed by atoms with Crippen LogP contribution < -0.4 is 5.32 Å². The molecule has 2 aliphatic rings. The van der Waals surface area contributed by atoms with Gasteiger partial charge in [-0.05, 0) is 50.9 Å². The van der Waals surface area contributed by atoms with Crippen LogP contribution in [0, 0.1) is 12.3 Å². The number of nitrogens with zero attached hydrogens (tertiary/aromatic N) is 1. The molecule has 2 fully saturated rings. The summed E-state index contributed by atoms with van der Waals surface area (Å²) in [7, 11) is 1.77. The molecule has 2 saturated carbocycles. The molecule has 1 aromatic heterocycles. The van der Waals surface area contributed by atoms with Crippen LogP contribution in [0.5, 0.6) is 0 Å². The summed E-state index contributed by atoms with van der Waals surface area (Å²) in [6, 6.07) is 0. The molecule has 0 unspecified atom stereocenters. The maximum atomic E-state index is 5.23. The molecule has 1 heterocycles. The standard InChI is InChI=1S/C17H28N2OS/c1-14-13-21-15(19-14)17(18-11-12-20-2)9-7-16(8-10-17)5-3-4-6-16/h13,18H,3-12H2,1-2H3. The Bertz CT molecular complexity index is 455. The van der Waals surface area contributed by atoms with E-state index in [-0.39, 0.29) is 5.54 Å². The minimum Gasteiger partial charge on any atom is -0.383 e. The molecule has 0 aliphatic heterocycles. The zero-order valence-corrected chi connectivity index (χ0v) is 14.2. The summed E-state index contributed by atoms with van der Waals surface area (Å²) in [6.45, 7) is 3.80. The number of ether oxygens (including phenoxy) is 1. The van der Waals surface area contributed by atoms with Gasteiger partial charge in [-0.3, -0.25) is 0 Å². The lowest BCUT2D eigenvalue weighted by molar-refractivity contribution is 0.0993. The van der Waals surface area contributed by atoms with Crippen LogP contribution in [-0.2, 0) is 10.3 Å². The summed E-state index contributed by atoms with van der Waals surface area (Å²) in [6.07, 6.45) is 11.0. The highest BCUT2D eigenvalue weighted by Crippen LogP contribution is 2.53. The van der Waals surface area contributed by atoms with Gasteiger partial charge in [0.1, 0.15) is 5.01 Å². The SMILES string of the molecule is COCCNC1(c2nc(C)cs2)CCC2(CCCC2)CC1. The van der Waals surface area contributed by atoms with Gasteiger partial charge in [-0.25, -0.2) is 4.98 Å². The molecule has 1 aromatic rings. The highest BCUT2D eigenvalue weighted by molar-refractivity contribution is 7.09. The van der Waals surface area contributed by atoms with Crippen molar-refractivity contribution in [3.8, 4) is 0 Å². The van der Waals surface area contributed by atoms with Gasteiger partial charge in [0, 0.05) is 24.7 Å². The van der Waals surface area contributed by atoms with Crippen LogP contribution >= 0.6 is 11.3 Å². The number of thiazole rings is 1. The average Bonchev–Trinajstić information content (AvgIpc) is 3.12. The Morgan fingerprint density at radius 2 is 1.90 bits per heavy atom. The zero-order chi connectivity index (χ0) is 14.8. The minimum absolute atomic E-state index is 0.102. The fourth-order valence-electron chi connectivity index (χ4n) is 4.26. The van der Waals surface area contributed by atoms with Crippen molar-refractivity contribution in [3.05, 3.63) is 16.1 Å². The van der Waals surface area contributed by atoms with Crippen LogP contribution in [0.3, 0.4) is 0 Å². The van der Waals surface area contributed by atoms with Gasteiger partial charge >= 0.3 is 0 Å². The highest BCUT2D eigenvalue weighted by atomic mass is 32.1. The topological polar surface area (TPSA) is 34.1 Å². The second-order valence-electron chi connectivity index (χ2n) is 7.00. The van der Waals surface area contributed by atoms with Crippen LogP contribution in [0.4, 0.5) is 0 Å². The van der Waals surface area contributed by atoms with Crippen molar-refractivity contribution >= 4 is 11.3 Å². The third-order valence-electron chi connectivity index (χ3n) is 5.63. The van der Waals surface area contributed by atoms with E-state index >= 15 is 0 Å². The minimum atomic E-state index is 0.102. The van der Waals surface area contributed by atoms with E-state index in [9.17, 15) is 0 Å². The maximum absolute atomic E-state index is 5.23. The van der Waals surface area contributed by atoms with E-state index < -0.39 is 0 Å². The molecule has 118 valence electrons. The molecule has 21 heavy (non-hydrogen) atoms. The summed E-state index contributed by atoms with van der Waals surface area (Å²) < 4.78 is 5.23. The lowest BCUT2D eigenvalue weighted by Gasteiger charge is -2.44. The quantitative estimate of drug-likeness (QED) is 0.834. The summed E-state index contributed by atoms with van der Waals surface area (Å²) in [5, 5.41) is 7.28. The Morgan fingerprint density at radius 3 is 2.48 bits per heavy atom. The van der Waals surface area contributed by atoms with Crippen molar-refractivity contribution in [2.75, 3.05) is 20.3 Å². The second kappa shape index (κ2) is 6.35. The number of hydrogen-bond acceptors (Lipinski definition) is 4. The first-order valence-corrected chi connectivity index (χ1v) is 9.23. The van der Waals surface area contributed by atoms with Crippen LogP contribution in [0.15, 0.2) is 5.38 Å². The van der Waals surface area contributed by atoms with Gasteiger partial charge in [0.25, 0.3) is 0 Å². The lowest BCUT2D eigenvalue weighted by atomic mass is 9.66. The normalized spacial score (nSPS) is 23.7. The highest BCUT2D eigenvalue weighted by Gasteiger charge is 2.45. The van der Waals surface area contributed by atoms with Gasteiger partial charge in [-0.2, -0.15) is 0 Å². The average molecular weight is 308 g/mol. The molecule has 0 atom stereocenters. The second-order valence-corrected chi connectivity index (χ2v) is 7.86. The molecule has 1 spiro atoms. The third kappa shape index (κ3) is 3.17. The third-order valence-corrected chi connectivity index (χ3v) is 6.79. The fraction of sp³-hybridized carbons (Fsp3) is 0.824. The Labute approximate surface area is 132 Å². The number of aromatic nitrogens is 1. The molecule has 3 rings (SSSR count). The Hall–Kier alpha value is -0.450. The molecule has 1 N–H and O–H groups in total. The number of rotatable bonds is 5. The molecule has 3 nitrogen and oxygen atoms in total. The maximum Gasteiger partial charge on any atom is 0.113 e. The largest absolute Gasteiger partial charge is 0.383 e. The number of methoxy groups -OCH3 is 1. The molecule has 2 aliphatic carbocycles. The molecule has 0 bridgehead atoms. The Balaban J connectivity index is 1.74. The zero-order valence-electron chi connectivity index (χ0n) is 13.4. The van der Waals surface area contributed by atoms with Gasteiger partial charge in [-0.15, -0.1) is 11.3 Å². The Morgan fingerprint density at radius 1 is 1.19 bits per heavy atom. The molecular weight excluding hydrogens is 280 g/mol. The number of aryl methyl sites for hydroxylation is 1. The van der Waals surface area contributed by atoms with Gasteiger partial charge in [0.05, 0.1) is 12.1 Å². The van der Waals surface area contributed by atoms with E-state index in [0.29, 0.717) is 5.41 Å². The van der Waals surface area contributed by atoms with E-state index in [2.05, 4.69) is 17.6 Å². The van der Waals surface area contributed by atoms with Crippen molar-refractivity contribution < 1.29 is 4.74 Å². The van der Waals surface area contributed by atoms with E-state index in [1.807, 2.05) is 11.3 Å². The van der Waals surface area contributed by atoms with Crippen LogP contribution in [0.1, 0.15) is 62.1 Å². The van der Waals surface area contributed by atoms with Crippen molar-refractivity contribution in [1.29, 1.82) is 0 Å². The number of nitrogens with one attached hydrogen (secondary N) is 1. The predicted octanol–water partition coefficient (Wildman–Crippen LogP) is 4.02. The van der Waals surface area contributed by atoms with Crippen molar-refractivity contribution in [3.63, 3.8) is 0 Å². The predicted molar refractivity (Wildman–Crippen MR) is 87.8 cm³/mol. The van der Waals surface area contributed by atoms with Gasteiger partial charge in [0.2, 0.25) is 0 Å². The van der Waals surface area contributed by atoms with Crippen molar-refractivity contribution in [1.82, 2.24) is 10.3 Å². The molecule has 0 radical (unpaired) electrons. The molecule has 4 heteroatoms. The van der Waals surface area contributed by atoms with Crippen LogP contribution in [0.2, 0.25) is 0 Å². The van der Waals surface area contributed by atoms with Gasteiger partial charge in [0.15, 0.2) is 0 Å². The molecule has 0 amide bonds. The van der Waals surface area contributed by atoms with E-state index in [4.69, 9.17) is 9.72 Å². The lowest BCUT2D eigenvalue weighted by Crippen LogP contribution is -2.48.